The smallest absolute Gasteiger partial charge is 0.419 e. The standard InChI is InChI=1S/C22H32N2O2/c1-14(2)17-11-8-12-18(15(3)4)20(17)24-19(13-23-21(24)22(25)26)16-9-6-5-7-10-16/h8,11-12,14-16,19H,5-7,9-10,13H2,1-4H3,(H,25,26)/p+1. The summed E-state index contributed by atoms with van der Waals surface area (Å²) in [5, 5.41) is 13.1. The van der Waals surface area contributed by atoms with Gasteiger partial charge in [-0.3, -0.25) is 5.32 Å². The van der Waals surface area contributed by atoms with Crippen molar-refractivity contribution >= 4 is 17.5 Å². The fourth-order valence-corrected chi connectivity index (χ4v) is 4.69. The molecule has 0 aromatic heterocycles. The summed E-state index contributed by atoms with van der Waals surface area (Å²) < 4.78 is 2.16. The average Bonchev–Trinajstić information content (AvgIpc) is 3.06. The second kappa shape index (κ2) is 7.81. The lowest BCUT2D eigenvalue weighted by Crippen LogP contribution is -2.34. The second-order valence-electron chi connectivity index (χ2n) is 8.46. The highest BCUT2D eigenvalue weighted by molar-refractivity contribution is 6.32. The second-order valence-corrected chi connectivity index (χ2v) is 8.46. The van der Waals surface area contributed by atoms with E-state index < -0.39 is 5.97 Å². The first-order chi connectivity index (χ1) is 12.4. The maximum atomic E-state index is 12.0. The molecule has 1 saturated carbocycles. The summed E-state index contributed by atoms with van der Waals surface area (Å²) in [5.41, 5.74) is 3.63. The Morgan fingerprint density at radius 2 is 1.65 bits per heavy atom. The molecule has 2 N–H and O–H groups in total. The number of carbonyl (C=O) groups is 1. The molecular weight excluding hydrogens is 324 g/mol. The molecule has 0 spiro atoms. The van der Waals surface area contributed by atoms with E-state index in [0.717, 1.165) is 12.2 Å². The van der Waals surface area contributed by atoms with Crippen LogP contribution in [0.2, 0.25) is 0 Å². The van der Waals surface area contributed by atoms with Gasteiger partial charge >= 0.3 is 11.8 Å². The Hall–Kier alpha value is -1.84. The number of amidine groups is 1. The van der Waals surface area contributed by atoms with Gasteiger partial charge in [-0.2, -0.15) is 0 Å². The molecular formula is C22H33N2O2+. The van der Waals surface area contributed by atoms with Gasteiger partial charge in [-0.15, -0.1) is 0 Å². The van der Waals surface area contributed by atoms with Crippen LogP contribution in [0.1, 0.15) is 82.8 Å². The molecule has 2 aliphatic rings. The monoisotopic (exact) mass is 357 g/mol. The van der Waals surface area contributed by atoms with Crippen molar-refractivity contribution < 1.29 is 14.5 Å². The first-order valence-electron chi connectivity index (χ1n) is 10.2. The zero-order chi connectivity index (χ0) is 18.8. The molecule has 4 heteroatoms. The number of hydrogen-bond acceptors (Lipinski definition) is 2. The Kier molecular flexibility index (Phi) is 5.69. The topological polar surface area (TPSA) is 52.3 Å². The van der Waals surface area contributed by atoms with Crippen LogP contribution in [-0.2, 0) is 4.79 Å². The number of rotatable bonds is 5. The van der Waals surface area contributed by atoms with Gasteiger partial charge in [0.1, 0.15) is 18.3 Å². The maximum Gasteiger partial charge on any atom is 0.419 e. The minimum atomic E-state index is -0.850. The Morgan fingerprint density at radius 1 is 1.08 bits per heavy atom. The van der Waals surface area contributed by atoms with E-state index in [1.54, 1.807) is 0 Å². The highest BCUT2D eigenvalue weighted by Crippen LogP contribution is 2.39. The van der Waals surface area contributed by atoms with E-state index in [1.807, 2.05) is 0 Å². The van der Waals surface area contributed by atoms with Crippen LogP contribution in [0.25, 0.3) is 0 Å². The molecule has 1 heterocycles. The SMILES string of the molecule is CC(C)c1cccc(C(C)C)c1[N+]1=C(C(=O)O)NCC1C1CCCCC1. The van der Waals surface area contributed by atoms with Crippen molar-refractivity contribution in [2.75, 3.05) is 6.54 Å². The van der Waals surface area contributed by atoms with Crippen LogP contribution < -0.4 is 5.32 Å². The molecule has 0 saturated heterocycles. The van der Waals surface area contributed by atoms with E-state index in [0.29, 0.717) is 23.6 Å². The maximum absolute atomic E-state index is 12.0. The summed E-state index contributed by atoms with van der Waals surface area (Å²) in [6, 6.07) is 6.69. The molecule has 1 unspecified atom stereocenters. The minimum Gasteiger partial charge on any atom is -0.472 e. The van der Waals surface area contributed by atoms with E-state index in [-0.39, 0.29) is 6.04 Å². The third-order valence-corrected chi connectivity index (χ3v) is 6.03. The quantitative estimate of drug-likeness (QED) is 0.757. The lowest BCUT2D eigenvalue weighted by atomic mass is 9.83. The first-order valence-corrected chi connectivity index (χ1v) is 10.2. The van der Waals surface area contributed by atoms with Gasteiger partial charge < -0.3 is 5.11 Å². The fraction of sp³-hybridized carbons (Fsp3) is 0.636. The molecule has 1 atom stereocenters. The highest BCUT2D eigenvalue weighted by atomic mass is 16.4. The summed E-state index contributed by atoms with van der Waals surface area (Å²) in [4.78, 5) is 12.0. The van der Waals surface area contributed by atoms with Crippen LogP contribution >= 0.6 is 0 Å². The Labute approximate surface area is 157 Å². The van der Waals surface area contributed by atoms with Gasteiger partial charge in [-0.25, -0.2) is 9.37 Å². The van der Waals surface area contributed by atoms with Gasteiger partial charge in [0.2, 0.25) is 0 Å². The van der Waals surface area contributed by atoms with Gasteiger partial charge in [0.05, 0.1) is 0 Å². The molecule has 1 aromatic rings. The zero-order valence-electron chi connectivity index (χ0n) is 16.6. The van der Waals surface area contributed by atoms with E-state index >= 15 is 0 Å². The van der Waals surface area contributed by atoms with Crippen molar-refractivity contribution in [3.63, 3.8) is 0 Å². The molecule has 142 valence electrons. The van der Waals surface area contributed by atoms with Crippen molar-refractivity contribution in [3.8, 4) is 0 Å². The van der Waals surface area contributed by atoms with Gasteiger partial charge in [0, 0.05) is 17.0 Å². The summed E-state index contributed by atoms with van der Waals surface area (Å²) in [6.45, 7) is 9.52. The Bertz CT molecular complexity index is 674. The summed E-state index contributed by atoms with van der Waals surface area (Å²) in [5.74, 6) is 0.776. The summed E-state index contributed by atoms with van der Waals surface area (Å²) in [7, 11) is 0. The first kappa shape index (κ1) is 18.9. The van der Waals surface area contributed by atoms with Gasteiger partial charge in [-0.1, -0.05) is 65.2 Å². The van der Waals surface area contributed by atoms with Crippen molar-refractivity contribution in [2.24, 2.45) is 5.92 Å². The zero-order valence-corrected chi connectivity index (χ0v) is 16.6. The Morgan fingerprint density at radius 3 is 2.15 bits per heavy atom. The molecule has 1 aromatic carbocycles. The van der Waals surface area contributed by atoms with Crippen molar-refractivity contribution in [1.82, 2.24) is 5.32 Å². The number of nitrogens with zero attached hydrogens (tertiary/aromatic N) is 1. The van der Waals surface area contributed by atoms with Crippen LogP contribution in [0.15, 0.2) is 18.2 Å². The van der Waals surface area contributed by atoms with Crippen LogP contribution in [0, 0.1) is 5.92 Å². The third kappa shape index (κ3) is 3.51. The molecule has 26 heavy (non-hydrogen) atoms. The normalized spacial score (nSPS) is 21.5. The van der Waals surface area contributed by atoms with E-state index in [1.165, 1.54) is 43.2 Å². The lowest BCUT2D eigenvalue weighted by Gasteiger charge is -2.29. The fourth-order valence-electron chi connectivity index (χ4n) is 4.69. The minimum absolute atomic E-state index is 0.235. The van der Waals surface area contributed by atoms with Crippen molar-refractivity contribution in [3.05, 3.63) is 29.3 Å². The van der Waals surface area contributed by atoms with Gasteiger partial charge in [-0.05, 0) is 24.7 Å². The van der Waals surface area contributed by atoms with Crippen molar-refractivity contribution in [2.45, 2.75) is 77.7 Å². The average molecular weight is 358 g/mol. The van der Waals surface area contributed by atoms with Gasteiger partial charge in [0.15, 0.2) is 0 Å². The van der Waals surface area contributed by atoms with Crippen LogP contribution in [0.4, 0.5) is 5.69 Å². The number of aliphatic carboxylic acids is 1. The molecule has 0 amide bonds. The molecule has 3 rings (SSSR count). The lowest BCUT2D eigenvalue weighted by molar-refractivity contribution is -0.485. The molecule has 1 aliphatic carbocycles. The molecule has 1 fully saturated rings. The van der Waals surface area contributed by atoms with E-state index in [2.05, 4.69) is 55.8 Å². The number of carboxylic acids is 1. The molecule has 1 aliphatic heterocycles. The predicted octanol–water partition coefficient (Wildman–Crippen LogP) is 4.61. The number of carboxylic acid groups (broad SMARTS) is 1. The summed E-state index contributed by atoms with van der Waals surface area (Å²) >= 11 is 0. The molecule has 4 nitrogen and oxygen atoms in total. The number of hydrogen-bond donors (Lipinski definition) is 2. The van der Waals surface area contributed by atoms with E-state index in [9.17, 15) is 9.90 Å². The van der Waals surface area contributed by atoms with Crippen molar-refractivity contribution in [1.29, 1.82) is 0 Å². The number of para-hydroxylation sites is 1. The Balaban J connectivity index is 2.19. The third-order valence-electron chi connectivity index (χ3n) is 6.03. The number of benzene rings is 1. The van der Waals surface area contributed by atoms with Crippen LogP contribution in [-0.4, -0.2) is 34.1 Å². The highest BCUT2D eigenvalue weighted by Gasteiger charge is 2.43. The molecule has 0 radical (unpaired) electrons. The molecule has 0 bridgehead atoms. The largest absolute Gasteiger partial charge is 0.472 e. The van der Waals surface area contributed by atoms with Crippen LogP contribution in [0.3, 0.4) is 0 Å². The van der Waals surface area contributed by atoms with Gasteiger partial charge in [0.25, 0.3) is 0 Å². The van der Waals surface area contributed by atoms with Crippen LogP contribution in [0.5, 0.6) is 0 Å². The predicted molar refractivity (Wildman–Crippen MR) is 106 cm³/mol. The number of nitrogens with one attached hydrogen (secondary N) is 1. The van der Waals surface area contributed by atoms with E-state index in [4.69, 9.17) is 0 Å². The summed E-state index contributed by atoms with van der Waals surface area (Å²) in [6.07, 6.45) is 6.25.